The second-order valence-electron chi connectivity index (χ2n) is 18.6. The monoisotopic (exact) mass is 824 g/mol. The minimum atomic E-state index is 0.0167. The number of ether oxygens (including phenoxy) is 1. The van der Waals surface area contributed by atoms with Crippen molar-refractivity contribution >= 4 is 37.8 Å². The second kappa shape index (κ2) is 22.1. The predicted octanol–water partition coefficient (Wildman–Crippen LogP) is 15.9. The average molecular weight is 827 g/mol. The largest absolute Gasteiger partial charge is 0.462 e. The van der Waals surface area contributed by atoms with Gasteiger partial charge < -0.3 is 4.74 Å². The Morgan fingerprint density at radius 1 is 0.640 bits per heavy atom. The molecule has 0 unspecified atom stereocenters. The standard InChI is InChI=1S/C46H82Br2O2/c1-5-7-9-11-13-14-15-16-17-18-19-20-21-22-24-26-28-43(49)50-38-31-34-45(4)41-32-33-44(3)37(27-25-23-12-10-8-6-2)29-30-40(44)39(41)35-42(47)46(45,48)36-38/h37-42H,5-36H2,1-4H3/t37-,38+,39+,40-,41-,42+,44-,45-,46+/m1/s1. The van der Waals surface area contributed by atoms with Gasteiger partial charge in [-0.05, 0) is 92.3 Å². The summed E-state index contributed by atoms with van der Waals surface area (Å²) in [5, 5.41) is 0. The molecule has 0 saturated heterocycles. The Morgan fingerprint density at radius 3 is 1.72 bits per heavy atom. The first-order valence-corrected chi connectivity index (χ1v) is 24.4. The molecule has 0 aromatic rings. The normalized spacial score (nSPS) is 35.0. The van der Waals surface area contributed by atoms with E-state index in [-0.39, 0.29) is 21.8 Å². The van der Waals surface area contributed by atoms with Gasteiger partial charge >= 0.3 is 5.97 Å². The predicted molar refractivity (Wildman–Crippen MR) is 224 cm³/mol. The molecule has 0 radical (unpaired) electrons. The van der Waals surface area contributed by atoms with Crippen molar-refractivity contribution in [1.82, 2.24) is 0 Å². The fourth-order valence-corrected chi connectivity index (χ4v) is 14.2. The van der Waals surface area contributed by atoms with Crippen LogP contribution in [0.3, 0.4) is 0 Å². The van der Waals surface area contributed by atoms with E-state index < -0.39 is 0 Å². The number of carbonyl (C=O) groups is 1. The smallest absolute Gasteiger partial charge is 0.306 e. The van der Waals surface area contributed by atoms with Crippen molar-refractivity contribution < 1.29 is 9.53 Å². The molecule has 0 N–H and O–H groups in total. The van der Waals surface area contributed by atoms with E-state index in [1.807, 2.05) is 0 Å². The Hall–Kier alpha value is 0.430. The van der Waals surface area contributed by atoms with Crippen LogP contribution in [-0.2, 0) is 9.53 Å². The van der Waals surface area contributed by atoms with Crippen molar-refractivity contribution in [3.05, 3.63) is 0 Å². The molecule has 4 heteroatoms. The third-order valence-corrected chi connectivity index (χ3v) is 18.9. The second-order valence-corrected chi connectivity index (χ2v) is 21.2. The highest BCUT2D eigenvalue weighted by Gasteiger charge is 2.66. The van der Waals surface area contributed by atoms with Crippen LogP contribution < -0.4 is 0 Å². The molecule has 0 heterocycles. The van der Waals surface area contributed by atoms with Crippen LogP contribution in [0.25, 0.3) is 0 Å². The zero-order valence-corrected chi connectivity index (χ0v) is 36.8. The van der Waals surface area contributed by atoms with Crippen molar-refractivity contribution in [3.8, 4) is 0 Å². The first-order valence-electron chi connectivity index (χ1n) is 22.7. The maximum absolute atomic E-state index is 13.0. The Labute approximate surface area is 328 Å². The summed E-state index contributed by atoms with van der Waals surface area (Å²) in [5.41, 5.74) is 0.818. The van der Waals surface area contributed by atoms with Crippen LogP contribution in [0.4, 0.5) is 0 Å². The van der Waals surface area contributed by atoms with Gasteiger partial charge in [0, 0.05) is 22.0 Å². The van der Waals surface area contributed by atoms with Gasteiger partial charge in [-0.1, -0.05) is 194 Å². The SMILES string of the molecule is CCCCCCCCCCCCCCCCCCC(=O)O[C@H]1CC[C@]2(C)[C@@H]3CC[C@]4(C)[C@H](CCCCCCCC)CC[C@@H]4[C@@H]3C[C@H](Br)[C@@]2(Br)C1. The molecule has 292 valence electrons. The van der Waals surface area contributed by atoms with Crippen LogP contribution in [0.1, 0.15) is 233 Å². The number of fused-ring (bicyclic) bond motifs is 5. The van der Waals surface area contributed by atoms with Crippen LogP contribution in [0.5, 0.6) is 0 Å². The molecular formula is C46H82Br2O2. The number of alkyl halides is 2. The molecule has 9 atom stereocenters. The van der Waals surface area contributed by atoms with Gasteiger partial charge in [0.2, 0.25) is 0 Å². The summed E-state index contributed by atoms with van der Waals surface area (Å²) in [6.45, 7) is 9.95. The van der Waals surface area contributed by atoms with E-state index in [4.69, 9.17) is 4.74 Å². The average Bonchev–Trinajstić information content (AvgIpc) is 3.43. The molecule has 2 nitrogen and oxygen atoms in total. The number of unbranched alkanes of at least 4 members (excludes halogenated alkanes) is 20. The van der Waals surface area contributed by atoms with E-state index in [9.17, 15) is 4.79 Å². The quantitative estimate of drug-likeness (QED) is 0.0521. The van der Waals surface area contributed by atoms with Crippen LogP contribution in [0.2, 0.25) is 0 Å². The van der Waals surface area contributed by atoms with Crippen LogP contribution >= 0.6 is 31.9 Å². The molecule has 4 rings (SSSR count). The molecule has 0 amide bonds. The maximum atomic E-state index is 13.0. The first kappa shape index (κ1) is 43.2. The third kappa shape index (κ3) is 11.5. The van der Waals surface area contributed by atoms with Gasteiger partial charge in [0.15, 0.2) is 0 Å². The Balaban J connectivity index is 1.11. The summed E-state index contributed by atoms with van der Waals surface area (Å²) in [7, 11) is 0. The zero-order chi connectivity index (χ0) is 35.9. The molecule has 4 aliphatic carbocycles. The fourth-order valence-electron chi connectivity index (χ4n) is 12.1. The summed E-state index contributed by atoms with van der Waals surface area (Å²) in [6, 6.07) is 0. The van der Waals surface area contributed by atoms with Gasteiger partial charge in [-0.2, -0.15) is 0 Å². The van der Waals surface area contributed by atoms with Crippen molar-refractivity contribution in [1.29, 1.82) is 0 Å². The first-order chi connectivity index (χ1) is 24.2. The molecular weight excluding hydrogens is 744 g/mol. The van der Waals surface area contributed by atoms with Gasteiger partial charge in [0.1, 0.15) is 6.10 Å². The molecule has 0 spiro atoms. The highest BCUT2D eigenvalue weighted by atomic mass is 79.9. The maximum Gasteiger partial charge on any atom is 0.306 e. The van der Waals surface area contributed by atoms with Crippen LogP contribution in [0.15, 0.2) is 0 Å². The summed E-state index contributed by atoms with van der Waals surface area (Å²) in [6.07, 6.45) is 42.7. The highest BCUT2D eigenvalue weighted by molar-refractivity contribution is 9.12. The van der Waals surface area contributed by atoms with Crippen molar-refractivity contribution in [3.63, 3.8) is 0 Å². The molecule has 50 heavy (non-hydrogen) atoms. The highest BCUT2D eigenvalue weighted by Crippen LogP contribution is 2.71. The lowest BCUT2D eigenvalue weighted by Crippen LogP contribution is -2.64. The number of carbonyl (C=O) groups excluding carboxylic acids is 1. The van der Waals surface area contributed by atoms with Gasteiger partial charge in [0.05, 0.1) is 0 Å². The van der Waals surface area contributed by atoms with E-state index in [1.165, 1.54) is 180 Å². The van der Waals surface area contributed by atoms with Gasteiger partial charge in [-0.15, -0.1) is 0 Å². The van der Waals surface area contributed by atoms with Gasteiger partial charge in [-0.3, -0.25) is 4.79 Å². The topological polar surface area (TPSA) is 26.3 Å². The number of rotatable bonds is 25. The number of hydrogen-bond acceptors (Lipinski definition) is 2. The van der Waals surface area contributed by atoms with Crippen molar-refractivity contribution in [2.75, 3.05) is 0 Å². The zero-order valence-electron chi connectivity index (χ0n) is 33.7. The third-order valence-electron chi connectivity index (χ3n) is 15.3. The minimum absolute atomic E-state index is 0.0167. The summed E-state index contributed by atoms with van der Waals surface area (Å²) in [5.74, 6) is 3.54. The molecule has 4 saturated carbocycles. The Kier molecular flexibility index (Phi) is 19.1. The Bertz CT molecular complexity index is 954. The summed E-state index contributed by atoms with van der Waals surface area (Å²) in [4.78, 5) is 13.4. The van der Waals surface area contributed by atoms with Crippen molar-refractivity contribution in [2.45, 2.75) is 248 Å². The lowest BCUT2D eigenvalue weighted by molar-refractivity contribution is -0.157. The molecule has 4 aliphatic rings. The summed E-state index contributed by atoms with van der Waals surface area (Å²) < 4.78 is 6.25. The molecule has 0 aliphatic heterocycles. The van der Waals surface area contributed by atoms with E-state index in [0.717, 1.165) is 42.9 Å². The molecule has 0 aromatic heterocycles. The van der Waals surface area contributed by atoms with Crippen molar-refractivity contribution in [2.24, 2.45) is 34.5 Å². The minimum Gasteiger partial charge on any atom is -0.462 e. The van der Waals surface area contributed by atoms with E-state index in [0.29, 0.717) is 16.7 Å². The lowest BCUT2D eigenvalue weighted by Gasteiger charge is -2.65. The number of esters is 1. The summed E-state index contributed by atoms with van der Waals surface area (Å²) >= 11 is 8.73. The van der Waals surface area contributed by atoms with Gasteiger partial charge in [0.25, 0.3) is 0 Å². The van der Waals surface area contributed by atoms with Crippen LogP contribution in [0, 0.1) is 34.5 Å². The lowest BCUT2D eigenvalue weighted by atomic mass is 9.44. The molecule has 4 fully saturated rings. The van der Waals surface area contributed by atoms with Crippen LogP contribution in [-0.4, -0.2) is 21.2 Å². The fraction of sp³-hybridized carbons (Fsp3) is 0.978. The van der Waals surface area contributed by atoms with E-state index in [2.05, 4.69) is 59.6 Å². The Morgan fingerprint density at radius 2 is 1.16 bits per heavy atom. The number of halogens is 2. The molecule has 0 aromatic carbocycles. The van der Waals surface area contributed by atoms with E-state index >= 15 is 0 Å². The van der Waals surface area contributed by atoms with E-state index in [1.54, 1.807) is 0 Å². The van der Waals surface area contributed by atoms with Gasteiger partial charge in [-0.25, -0.2) is 0 Å². The molecule has 0 bridgehead atoms. The number of hydrogen-bond donors (Lipinski definition) is 0.